The van der Waals surface area contributed by atoms with E-state index < -0.39 is 15.9 Å². The Kier molecular flexibility index (Phi) is 6.45. The minimum absolute atomic E-state index is 0.0307. The quantitative estimate of drug-likeness (QED) is 0.697. The number of carbonyl (C=O) groups excluding carboxylic acids is 2. The maximum atomic E-state index is 12.3. The fourth-order valence-corrected chi connectivity index (χ4v) is 4.69. The molecule has 11 heteroatoms. The predicted octanol–water partition coefficient (Wildman–Crippen LogP) is 0.883. The van der Waals surface area contributed by atoms with Gasteiger partial charge in [0, 0.05) is 25.9 Å². The van der Waals surface area contributed by atoms with Crippen LogP contribution in [0.15, 0.2) is 22.0 Å². The summed E-state index contributed by atoms with van der Waals surface area (Å²) in [6, 6.07) is 3.12. The molecule has 0 bridgehead atoms. The largest absolute Gasteiger partial charge is 0.345 e. The van der Waals surface area contributed by atoms with Gasteiger partial charge >= 0.3 is 0 Å². The number of carbonyl (C=O) groups is 2. The number of hydrogen-bond donors (Lipinski definition) is 1. The summed E-state index contributed by atoms with van der Waals surface area (Å²) in [4.78, 5) is 31.1. The minimum atomic E-state index is -3.05. The molecular weight excluding hydrogens is 404 g/mol. The molecule has 1 aliphatic rings. The molecule has 2 aromatic heterocycles. The Morgan fingerprint density at radius 2 is 2.11 bits per heavy atom. The van der Waals surface area contributed by atoms with Gasteiger partial charge in [-0.15, -0.1) is 11.3 Å². The molecule has 2 aromatic rings. The van der Waals surface area contributed by atoms with Crippen LogP contribution >= 0.6 is 11.3 Å². The van der Waals surface area contributed by atoms with Gasteiger partial charge in [0.2, 0.25) is 23.5 Å². The molecule has 0 aromatic carbocycles. The van der Waals surface area contributed by atoms with E-state index in [1.807, 2.05) is 17.5 Å². The van der Waals surface area contributed by atoms with Crippen molar-refractivity contribution in [1.82, 2.24) is 20.4 Å². The molecule has 0 aliphatic carbocycles. The van der Waals surface area contributed by atoms with Crippen molar-refractivity contribution in [2.24, 2.45) is 0 Å². The van der Waals surface area contributed by atoms with Crippen LogP contribution in [0.2, 0.25) is 0 Å². The van der Waals surface area contributed by atoms with Gasteiger partial charge in [-0.3, -0.25) is 9.59 Å². The number of hydrogen-bond acceptors (Lipinski definition) is 8. The van der Waals surface area contributed by atoms with E-state index in [4.69, 9.17) is 4.52 Å². The second-order valence-electron chi connectivity index (χ2n) is 6.61. The number of aryl methyl sites for hydroxylation is 1. The molecule has 0 spiro atoms. The van der Waals surface area contributed by atoms with Crippen molar-refractivity contribution in [2.75, 3.05) is 24.6 Å². The van der Waals surface area contributed by atoms with Crippen molar-refractivity contribution in [1.29, 1.82) is 0 Å². The van der Waals surface area contributed by atoms with E-state index in [-0.39, 0.29) is 42.8 Å². The number of rotatable bonds is 7. The van der Waals surface area contributed by atoms with Crippen molar-refractivity contribution >= 4 is 33.0 Å². The highest BCUT2D eigenvalue weighted by Gasteiger charge is 2.28. The summed E-state index contributed by atoms with van der Waals surface area (Å²) >= 11 is 1.52. The SMILES string of the molecule is CC(NC(=O)CCCc1nc(-c2cccs2)no1)C(=O)N1CCS(=O)(=O)CC1. The molecule has 1 unspecified atom stereocenters. The molecule has 1 atom stereocenters. The highest BCUT2D eigenvalue weighted by Crippen LogP contribution is 2.21. The van der Waals surface area contributed by atoms with Crippen molar-refractivity contribution in [3.8, 4) is 10.7 Å². The van der Waals surface area contributed by atoms with Crippen molar-refractivity contribution in [3.63, 3.8) is 0 Å². The van der Waals surface area contributed by atoms with Crippen LogP contribution in [0.3, 0.4) is 0 Å². The Balaban J connectivity index is 1.40. The number of amides is 2. The molecule has 152 valence electrons. The summed E-state index contributed by atoms with van der Waals surface area (Å²) in [5.41, 5.74) is 0. The maximum Gasteiger partial charge on any atom is 0.244 e. The van der Waals surface area contributed by atoms with Gasteiger partial charge in [0.1, 0.15) is 6.04 Å². The number of sulfone groups is 1. The molecule has 1 aliphatic heterocycles. The summed E-state index contributed by atoms with van der Waals surface area (Å²) in [5, 5.41) is 8.52. The number of aromatic nitrogens is 2. The highest BCUT2D eigenvalue weighted by atomic mass is 32.2. The molecule has 1 saturated heterocycles. The molecule has 0 saturated carbocycles. The molecule has 28 heavy (non-hydrogen) atoms. The minimum Gasteiger partial charge on any atom is -0.345 e. The molecular formula is C17H22N4O5S2. The van der Waals surface area contributed by atoms with E-state index in [1.54, 1.807) is 6.92 Å². The van der Waals surface area contributed by atoms with Crippen molar-refractivity contribution < 1.29 is 22.5 Å². The average Bonchev–Trinajstić information content (AvgIpc) is 3.32. The smallest absolute Gasteiger partial charge is 0.244 e. The van der Waals surface area contributed by atoms with Gasteiger partial charge in [0.05, 0.1) is 16.4 Å². The summed E-state index contributed by atoms with van der Waals surface area (Å²) in [5.74, 6) is 0.435. The van der Waals surface area contributed by atoms with Gasteiger partial charge in [-0.1, -0.05) is 11.2 Å². The van der Waals surface area contributed by atoms with Crippen LogP contribution in [0.5, 0.6) is 0 Å². The third kappa shape index (κ3) is 5.38. The lowest BCUT2D eigenvalue weighted by Crippen LogP contribution is -2.51. The lowest BCUT2D eigenvalue weighted by Gasteiger charge is -2.29. The van der Waals surface area contributed by atoms with E-state index in [0.717, 1.165) is 4.88 Å². The van der Waals surface area contributed by atoms with Gasteiger partial charge in [0.25, 0.3) is 0 Å². The molecule has 9 nitrogen and oxygen atoms in total. The first-order valence-corrected chi connectivity index (χ1v) is 11.7. The molecule has 2 amide bonds. The Morgan fingerprint density at radius 1 is 1.36 bits per heavy atom. The lowest BCUT2D eigenvalue weighted by atomic mass is 10.2. The highest BCUT2D eigenvalue weighted by molar-refractivity contribution is 7.91. The van der Waals surface area contributed by atoms with Crippen molar-refractivity contribution in [2.45, 2.75) is 32.2 Å². The summed E-state index contributed by atoms with van der Waals surface area (Å²) in [7, 11) is -3.05. The van der Waals surface area contributed by atoms with Gasteiger partial charge in [0.15, 0.2) is 9.84 Å². The zero-order chi connectivity index (χ0) is 20.1. The van der Waals surface area contributed by atoms with Gasteiger partial charge in [-0.25, -0.2) is 8.42 Å². The Labute approximate surface area is 167 Å². The van der Waals surface area contributed by atoms with Crippen LogP contribution in [0.1, 0.15) is 25.7 Å². The summed E-state index contributed by atoms with van der Waals surface area (Å²) in [6.45, 7) is 1.95. The molecule has 3 heterocycles. The van der Waals surface area contributed by atoms with Gasteiger partial charge < -0.3 is 14.7 Å². The van der Waals surface area contributed by atoms with Gasteiger partial charge in [-0.2, -0.15) is 4.98 Å². The van der Waals surface area contributed by atoms with Crippen LogP contribution in [-0.2, 0) is 25.8 Å². The average molecular weight is 427 g/mol. The van der Waals surface area contributed by atoms with E-state index in [1.165, 1.54) is 16.2 Å². The van der Waals surface area contributed by atoms with Crippen LogP contribution in [0, 0.1) is 0 Å². The summed E-state index contributed by atoms with van der Waals surface area (Å²) < 4.78 is 28.1. The Morgan fingerprint density at radius 3 is 2.79 bits per heavy atom. The molecule has 3 rings (SSSR count). The second kappa shape index (κ2) is 8.82. The first-order valence-electron chi connectivity index (χ1n) is 8.99. The monoisotopic (exact) mass is 426 g/mol. The Bertz CT molecular complexity index is 909. The second-order valence-corrected chi connectivity index (χ2v) is 9.86. The number of thiophene rings is 1. The fourth-order valence-electron chi connectivity index (χ4n) is 2.84. The topological polar surface area (TPSA) is 122 Å². The van der Waals surface area contributed by atoms with Crippen molar-refractivity contribution in [3.05, 3.63) is 23.4 Å². The Hall–Kier alpha value is -2.27. The van der Waals surface area contributed by atoms with E-state index in [9.17, 15) is 18.0 Å². The third-order valence-corrected chi connectivity index (χ3v) is 6.88. The number of nitrogens with zero attached hydrogens (tertiary/aromatic N) is 3. The van der Waals surface area contributed by atoms with Crippen LogP contribution < -0.4 is 5.32 Å². The van der Waals surface area contributed by atoms with Crippen LogP contribution in [0.4, 0.5) is 0 Å². The normalized spacial score (nSPS) is 17.2. The third-order valence-electron chi connectivity index (χ3n) is 4.41. The first-order chi connectivity index (χ1) is 13.3. The fraction of sp³-hybridized carbons (Fsp3) is 0.529. The maximum absolute atomic E-state index is 12.3. The zero-order valence-corrected chi connectivity index (χ0v) is 17.1. The van der Waals surface area contributed by atoms with E-state index in [2.05, 4.69) is 15.5 Å². The molecule has 1 fully saturated rings. The molecule has 1 N–H and O–H groups in total. The van der Waals surface area contributed by atoms with Crippen LogP contribution in [0.25, 0.3) is 10.7 Å². The predicted molar refractivity (Wildman–Crippen MR) is 103 cm³/mol. The number of nitrogens with one attached hydrogen (secondary N) is 1. The standard InChI is InChI=1S/C17H22N4O5S2/c1-12(17(23)21-7-10-28(24,25)11-8-21)18-14(22)5-2-6-15-19-16(20-26-15)13-4-3-9-27-13/h3-4,9,12H,2,5-8,10-11H2,1H3,(H,18,22). The first kappa shape index (κ1) is 20.5. The summed E-state index contributed by atoms with van der Waals surface area (Å²) in [6.07, 6.45) is 1.21. The van der Waals surface area contributed by atoms with E-state index >= 15 is 0 Å². The van der Waals surface area contributed by atoms with Crippen LogP contribution in [-0.4, -0.2) is 65.9 Å². The van der Waals surface area contributed by atoms with Gasteiger partial charge in [-0.05, 0) is 24.8 Å². The zero-order valence-electron chi connectivity index (χ0n) is 15.5. The van der Waals surface area contributed by atoms with E-state index in [0.29, 0.717) is 24.6 Å². The molecule has 0 radical (unpaired) electrons. The lowest BCUT2D eigenvalue weighted by molar-refractivity contribution is -0.135.